The highest BCUT2D eigenvalue weighted by Crippen LogP contribution is 2.22. The van der Waals surface area contributed by atoms with Crippen LogP contribution in [0.5, 0.6) is 0 Å². The maximum atomic E-state index is 9.39. The quantitative estimate of drug-likeness (QED) is 0.481. The van der Waals surface area contributed by atoms with Gasteiger partial charge >= 0.3 is 0 Å². The van der Waals surface area contributed by atoms with Crippen molar-refractivity contribution >= 4 is 5.90 Å². The van der Waals surface area contributed by atoms with Gasteiger partial charge in [0.2, 0.25) is 12.1 Å². The Morgan fingerprint density at radius 3 is 2.52 bits per heavy atom. The largest absolute Gasteiger partial charge is 0.476 e. The molecule has 1 unspecified atom stereocenters. The van der Waals surface area contributed by atoms with Crippen LogP contribution in [0.25, 0.3) is 0 Å². The standard InChI is InChI=1S/C17H19N3O/c18-12-15(11-14-7-3-1-4-8-14)17(20-13-19)21-16-9-5-2-6-10-16/h1,3-4,7-8,15-16H,2,5-6,9-11H2/b20-17-. The Morgan fingerprint density at radius 2 is 1.90 bits per heavy atom. The minimum absolute atomic E-state index is 0.0949. The molecule has 1 saturated carbocycles. The van der Waals surface area contributed by atoms with Crippen molar-refractivity contribution < 1.29 is 4.74 Å². The van der Waals surface area contributed by atoms with Gasteiger partial charge < -0.3 is 4.74 Å². The summed E-state index contributed by atoms with van der Waals surface area (Å²) in [6, 6.07) is 12.0. The van der Waals surface area contributed by atoms with Crippen molar-refractivity contribution in [2.24, 2.45) is 10.9 Å². The Balaban J connectivity index is 2.06. The molecule has 0 radical (unpaired) electrons. The first-order valence-corrected chi connectivity index (χ1v) is 7.40. The zero-order valence-corrected chi connectivity index (χ0v) is 12.0. The summed E-state index contributed by atoms with van der Waals surface area (Å²) < 4.78 is 5.86. The van der Waals surface area contributed by atoms with Gasteiger partial charge in [-0.15, -0.1) is 4.99 Å². The summed E-state index contributed by atoms with van der Waals surface area (Å²) in [6.07, 6.45) is 7.85. The molecule has 1 atom stereocenters. The van der Waals surface area contributed by atoms with Crippen LogP contribution in [0.15, 0.2) is 35.3 Å². The molecule has 1 aromatic rings. The molecular weight excluding hydrogens is 262 g/mol. The highest BCUT2D eigenvalue weighted by molar-refractivity contribution is 5.82. The molecule has 0 saturated heterocycles. The van der Waals surface area contributed by atoms with E-state index < -0.39 is 5.92 Å². The van der Waals surface area contributed by atoms with Crippen molar-refractivity contribution in [2.75, 3.05) is 0 Å². The second-order valence-corrected chi connectivity index (χ2v) is 5.30. The fourth-order valence-electron chi connectivity index (χ4n) is 2.63. The number of ether oxygens (including phenoxy) is 1. The van der Waals surface area contributed by atoms with Crippen molar-refractivity contribution in [3.05, 3.63) is 35.9 Å². The molecule has 0 aromatic heterocycles. The predicted octanol–water partition coefficient (Wildman–Crippen LogP) is 3.60. The number of hydrogen-bond donors (Lipinski definition) is 0. The summed E-state index contributed by atoms with van der Waals surface area (Å²) in [5.41, 5.74) is 1.04. The van der Waals surface area contributed by atoms with Crippen LogP contribution in [0, 0.1) is 28.7 Å². The molecule has 0 spiro atoms. The van der Waals surface area contributed by atoms with E-state index in [9.17, 15) is 5.26 Å². The number of nitrogens with zero attached hydrogens (tertiary/aromatic N) is 3. The van der Waals surface area contributed by atoms with E-state index in [0.717, 1.165) is 31.2 Å². The van der Waals surface area contributed by atoms with Crippen LogP contribution < -0.4 is 0 Å². The smallest absolute Gasteiger partial charge is 0.217 e. The van der Waals surface area contributed by atoms with Crippen LogP contribution >= 0.6 is 0 Å². The van der Waals surface area contributed by atoms with E-state index in [2.05, 4.69) is 11.1 Å². The van der Waals surface area contributed by atoms with Crippen molar-refractivity contribution in [1.82, 2.24) is 0 Å². The molecule has 1 aliphatic carbocycles. The van der Waals surface area contributed by atoms with Crippen LogP contribution in [0.2, 0.25) is 0 Å². The lowest BCUT2D eigenvalue weighted by Gasteiger charge is -2.24. The molecule has 2 rings (SSSR count). The zero-order chi connectivity index (χ0) is 14.9. The first-order valence-electron chi connectivity index (χ1n) is 7.40. The lowest BCUT2D eigenvalue weighted by atomic mass is 9.97. The lowest BCUT2D eigenvalue weighted by molar-refractivity contribution is 0.135. The summed E-state index contributed by atoms with van der Waals surface area (Å²) in [5, 5.41) is 18.2. The van der Waals surface area contributed by atoms with E-state index in [4.69, 9.17) is 10.00 Å². The number of hydrogen-bond acceptors (Lipinski definition) is 4. The monoisotopic (exact) mass is 281 g/mol. The highest BCUT2D eigenvalue weighted by atomic mass is 16.5. The molecule has 0 heterocycles. The Bertz CT molecular complexity index is 548. The lowest BCUT2D eigenvalue weighted by Crippen LogP contribution is -2.26. The molecule has 4 heteroatoms. The SMILES string of the molecule is N#C/N=C(\OC1CCCCC1)C(C#N)Cc1ccccc1. The van der Waals surface area contributed by atoms with Crippen LogP contribution in [0.1, 0.15) is 37.7 Å². The van der Waals surface area contributed by atoms with Gasteiger partial charge in [0, 0.05) is 0 Å². The minimum Gasteiger partial charge on any atom is -0.476 e. The molecule has 0 bridgehead atoms. The van der Waals surface area contributed by atoms with Gasteiger partial charge in [0.1, 0.15) is 12.0 Å². The second kappa shape index (κ2) is 8.07. The first kappa shape index (κ1) is 15.1. The maximum absolute atomic E-state index is 9.39. The molecule has 0 aliphatic heterocycles. The molecule has 4 nitrogen and oxygen atoms in total. The van der Waals surface area contributed by atoms with Gasteiger partial charge in [0.05, 0.1) is 6.07 Å². The third-order valence-corrected chi connectivity index (χ3v) is 3.74. The van der Waals surface area contributed by atoms with E-state index in [1.165, 1.54) is 6.42 Å². The Morgan fingerprint density at radius 1 is 1.19 bits per heavy atom. The molecule has 1 aliphatic rings. The summed E-state index contributed by atoms with van der Waals surface area (Å²) in [5.74, 6) is -0.232. The van der Waals surface area contributed by atoms with Crippen LogP contribution in [0.3, 0.4) is 0 Å². The average Bonchev–Trinajstić information content (AvgIpc) is 2.54. The molecule has 0 amide bonds. The van der Waals surface area contributed by atoms with Gasteiger partial charge in [-0.1, -0.05) is 36.8 Å². The minimum atomic E-state index is -0.506. The van der Waals surface area contributed by atoms with Crippen LogP contribution in [-0.2, 0) is 11.2 Å². The molecule has 21 heavy (non-hydrogen) atoms. The molecular formula is C17H19N3O. The van der Waals surface area contributed by atoms with Gasteiger partial charge in [0.15, 0.2) is 0 Å². The van der Waals surface area contributed by atoms with Gasteiger partial charge in [-0.2, -0.15) is 10.5 Å². The Kier molecular flexibility index (Phi) is 5.79. The van der Waals surface area contributed by atoms with Crippen molar-refractivity contribution in [3.63, 3.8) is 0 Å². The zero-order valence-electron chi connectivity index (χ0n) is 12.0. The third-order valence-electron chi connectivity index (χ3n) is 3.74. The Hall–Kier alpha value is -2.33. The Labute approximate surface area is 125 Å². The predicted molar refractivity (Wildman–Crippen MR) is 80.3 cm³/mol. The first-order chi connectivity index (χ1) is 10.3. The van der Waals surface area contributed by atoms with E-state index in [1.807, 2.05) is 30.3 Å². The van der Waals surface area contributed by atoms with Crippen LogP contribution in [-0.4, -0.2) is 12.0 Å². The number of nitriles is 2. The van der Waals surface area contributed by atoms with E-state index in [1.54, 1.807) is 6.19 Å². The van der Waals surface area contributed by atoms with E-state index in [0.29, 0.717) is 6.42 Å². The summed E-state index contributed by atoms with van der Waals surface area (Å²) in [4.78, 5) is 3.76. The van der Waals surface area contributed by atoms with Gasteiger partial charge in [-0.3, -0.25) is 0 Å². The average molecular weight is 281 g/mol. The normalized spacial score (nSPS) is 17.5. The fourth-order valence-corrected chi connectivity index (χ4v) is 2.63. The molecule has 108 valence electrons. The molecule has 1 aromatic carbocycles. The number of benzene rings is 1. The van der Waals surface area contributed by atoms with Gasteiger partial charge in [-0.05, 0) is 37.7 Å². The molecule has 0 N–H and O–H groups in total. The second-order valence-electron chi connectivity index (χ2n) is 5.30. The number of rotatable bonds is 4. The highest BCUT2D eigenvalue weighted by Gasteiger charge is 2.23. The number of aliphatic imine (C=N–C) groups is 1. The summed E-state index contributed by atoms with van der Waals surface area (Å²) in [7, 11) is 0. The topological polar surface area (TPSA) is 69.2 Å². The maximum Gasteiger partial charge on any atom is 0.217 e. The molecule has 1 fully saturated rings. The van der Waals surface area contributed by atoms with Gasteiger partial charge in [-0.25, -0.2) is 0 Å². The van der Waals surface area contributed by atoms with Crippen LogP contribution in [0.4, 0.5) is 0 Å². The van der Waals surface area contributed by atoms with Crippen molar-refractivity contribution in [3.8, 4) is 12.3 Å². The summed E-state index contributed by atoms with van der Waals surface area (Å²) >= 11 is 0. The van der Waals surface area contributed by atoms with E-state index >= 15 is 0 Å². The fraction of sp³-hybridized carbons (Fsp3) is 0.471. The van der Waals surface area contributed by atoms with Crippen molar-refractivity contribution in [2.45, 2.75) is 44.6 Å². The van der Waals surface area contributed by atoms with E-state index in [-0.39, 0.29) is 12.0 Å². The van der Waals surface area contributed by atoms with Crippen molar-refractivity contribution in [1.29, 1.82) is 10.5 Å². The summed E-state index contributed by atoms with van der Waals surface area (Å²) in [6.45, 7) is 0. The van der Waals surface area contributed by atoms with Gasteiger partial charge in [0.25, 0.3) is 0 Å². The third kappa shape index (κ3) is 4.61.